The zero-order chi connectivity index (χ0) is 19.8. The minimum absolute atomic E-state index is 0.0668. The highest BCUT2D eigenvalue weighted by molar-refractivity contribution is 7.22. The standard InChI is InChI=1S/C18H19N7O2S/c1-4-19-17(27)23-18-22-13-7-12(15(26)25(10(2)3)16(13)28-18)11-5-6-14-20-9-21-24(14)8-11/h5-10H,4H2,1-3H3,(H2,19,22,23,27). The van der Waals surface area contributed by atoms with Crippen LogP contribution in [0.25, 0.3) is 27.1 Å². The highest BCUT2D eigenvalue weighted by Gasteiger charge is 2.18. The van der Waals surface area contributed by atoms with Crippen LogP contribution in [0.1, 0.15) is 26.8 Å². The summed E-state index contributed by atoms with van der Waals surface area (Å²) in [6, 6.07) is 5.03. The number of aromatic nitrogens is 5. The average Bonchev–Trinajstić information content (AvgIpc) is 3.26. The molecule has 0 unspecified atom stereocenters. The summed E-state index contributed by atoms with van der Waals surface area (Å²) < 4.78 is 3.33. The number of urea groups is 1. The summed E-state index contributed by atoms with van der Waals surface area (Å²) in [5, 5.41) is 9.97. The molecule has 0 aliphatic carbocycles. The van der Waals surface area contributed by atoms with E-state index >= 15 is 0 Å². The van der Waals surface area contributed by atoms with Gasteiger partial charge >= 0.3 is 6.03 Å². The minimum atomic E-state index is -0.322. The monoisotopic (exact) mass is 397 g/mol. The quantitative estimate of drug-likeness (QED) is 0.551. The van der Waals surface area contributed by atoms with Crippen molar-refractivity contribution in [1.29, 1.82) is 0 Å². The Labute approximate surface area is 164 Å². The SMILES string of the molecule is CCNC(=O)Nc1nc2cc(-c3ccc4ncnn4c3)c(=O)n(C(C)C)c2s1. The van der Waals surface area contributed by atoms with Gasteiger partial charge in [-0.25, -0.2) is 19.3 Å². The van der Waals surface area contributed by atoms with E-state index in [-0.39, 0.29) is 17.6 Å². The van der Waals surface area contributed by atoms with Gasteiger partial charge < -0.3 is 5.32 Å². The van der Waals surface area contributed by atoms with Crippen LogP contribution in [0.5, 0.6) is 0 Å². The number of nitrogens with zero attached hydrogens (tertiary/aromatic N) is 5. The van der Waals surface area contributed by atoms with Crippen molar-refractivity contribution in [2.75, 3.05) is 11.9 Å². The van der Waals surface area contributed by atoms with E-state index in [4.69, 9.17) is 0 Å². The smallest absolute Gasteiger partial charge is 0.321 e. The van der Waals surface area contributed by atoms with E-state index in [1.807, 2.05) is 32.9 Å². The van der Waals surface area contributed by atoms with Gasteiger partial charge in [0.1, 0.15) is 16.7 Å². The molecule has 144 valence electrons. The molecule has 0 aliphatic heterocycles. The van der Waals surface area contributed by atoms with E-state index < -0.39 is 0 Å². The Morgan fingerprint density at radius 3 is 2.89 bits per heavy atom. The third-order valence-electron chi connectivity index (χ3n) is 4.24. The van der Waals surface area contributed by atoms with Gasteiger partial charge in [0.15, 0.2) is 10.8 Å². The molecular formula is C18H19N7O2S. The maximum atomic E-state index is 13.2. The lowest BCUT2D eigenvalue weighted by Crippen LogP contribution is -2.28. The van der Waals surface area contributed by atoms with Crippen LogP contribution in [0.15, 0.2) is 35.5 Å². The summed E-state index contributed by atoms with van der Waals surface area (Å²) >= 11 is 1.28. The number of thiazole rings is 1. The molecule has 0 fully saturated rings. The van der Waals surface area contributed by atoms with Gasteiger partial charge in [-0.15, -0.1) is 0 Å². The van der Waals surface area contributed by atoms with Crippen molar-refractivity contribution in [1.82, 2.24) is 29.5 Å². The number of fused-ring (bicyclic) bond motifs is 2. The number of amides is 2. The number of carbonyl (C=O) groups is 1. The number of hydrogen-bond acceptors (Lipinski definition) is 6. The Morgan fingerprint density at radius 1 is 1.32 bits per heavy atom. The summed E-state index contributed by atoms with van der Waals surface area (Å²) in [4.78, 5) is 34.4. The van der Waals surface area contributed by atoms with E-state index in [0.29, 0.717) is 28.4 Å². The summed E-state index contributed by atoms with van der Waals surface area (Å²) in [7, 11) is 0. The minimum Gasteiger partial charge on any atom is -0.338 e. The number of pyridine rings is 2. The Balaban J connectivity index is 1.88. The maximum Gasteiger partial charge on any atom is 0.321 e. The summed E-state index contributed by atoms with van der Waals surface area (Å²) in [5.41, 5.74) is 2.49. The molecule has 0 saturated carbocycles. The van der Waals surface area contributed by atoms with Crippen molar-refractivity contribution in [2.45, 2.75) is 26.8 Å². The molecule has 2 amide bonds. The molecule has 10 heteroatoms. The highest BCUT2D eigenvalue weighted by Crippen LogP contribution is 2.29. The molecule has 0 saturated heterocycles. The van der Waals surface area contributed by atoms with Gasteiger partial charge in [-0.2, -0.15) is 5.10 Å². The van der Waals surface area contributed by atoms with Crippen molar-refractivity contribution in [2.24, 2.45) is 0 Å². The molecule has 0 atom stereocenters. The third-order valence-corrected chi connectivity index (χ3v) is 5.23. The molecule has 0 spiro atoms. The van der Waals surface area contributed by atoms with Crippen molar-refractivity contribution in [3.8, 4) is 11.1 Å². The van der Waals surface area contributed by atoms with E-state index in [2.05, 4.69) is 25.7 Å². The zero-order valence-corrected chi connectivity index (χ0v) is 16.4. The second kappa shape index (κ2) is 7.04. The molecule has 4 heterocycles. The van der Waals surface area contributed by atoms with Crippen LogP contribution in [-0.4, -0.2) is 36.7 Å². The fourth-order valence-corrected chi connectivity index (χ4v) is 4.09. The van der Waals surface area contributed by atoms with Crippen LogP contribution >= 0.6 is 11.3 Å². The zero-order valence-electron chi connectivity index (χ0n) is 15.6. The molecule has 0 bridgehead atoms. The first-order valence-electron chi connectivity index (χ1n) is 8.88. The predicted octanol–water partition coefficient (Wildman–Crippen LogP) is 2.89. The molecule has 2 N–H and O–H groups in total. The van der Waals surface area contributed by atoms with Gasteiger partial charge in [0.2, 0.25) is 0 Å². The maximum absolute atomic E-state index is 13.2. The highest BCUT2D eigenvalue weighted by atomic mass is 32.1. The topological polar surface area (TPSA) is 106 Å². The van der Waals surface area contributed by atoms with Crippen LogP contribution < -0.4 is 16.2 Å². The van der Waals surface area contributed by atoms with Gasteiger partial charge in [0.05, 0.1) is 5.56 Å². The van der Waals surface area contributed by atoms with E-state index in [9.17, 15) is 9.59 Å². The first kappa shape index (κ1) is 18.1. The lowest BCUT2D eigenvalue weighted by Gasteiger charge is -2.13. The molecule has 9 nitrogen and oxygen atoms in total. The second-order valence-electron chi connectivity index (χ2n) is 6.50. The van der Waals surface area contributed by atoms with Gasteiger partial charge in [0.25, 0.3) is 5.56 Å². The van der Waals surface area contributed by atoms with E-state index in [1.165, 1.54) is 17.7 Å². The van der Waals surface area contributed by atoms with E-state index in [0.717, 1.165) is 10.4 Å². The third kappa shape index (κ3) is 3.11. The van der Waals surface area contributed by atoms with Crippen molar-refractivity contribution in [3.63, 3.8) is 0 Å². The van der Waals surface area contributed by atoms with Crippen LogP contribution in [0.4, 0.5) is 9.93 Å². The van der Waals surface area contributed by atoms with Gasteiger partial charge in [-0.3, -0.25) is 14.7 Å². The van der Waals surface area contributed by atoms with Crippen molar-refractivity contribution >= 4 is 38.5 Å². The van der Waals surface area contributed by atoms with Crippen LogP contribution in [-0.2, 0) is 0 Å². The molecule has 4 aromatic heterocycles. The van der Waals surface area contributed by atoms with Crippen molar-refractivity contribution in [3.05, 3.63) is 41.1 Å². The number of anilines is 1. The normalized spacial score (nSPS) is 11.4. The molecule has 4 rings (SSSR count). The van der Waals surface area contributed by atoms with Crippen molar-refractivity contribution < 1.29 is 4.79 Å². The van der Waals surface area contributed by atoms with Crippen LogP contribution in [0, 0.1) is 0 Å². The van der Waals surface area contributed by atoms with Gasteiger partial charge in [0, 0.05) is 24.3 Å². The summed E-state index contributed by atoms with van der Waals surface area (Å²) in [6.45, 7) is 6.25. The summed E-state index contributed by atoms with van der Waals surface area (Å²) in [5.74, 6) is 0. The fraction of sp³-hybridized carbons (Fsp3) is 0.278. The fourth-order valence-electron chi connectivity index (χ4n) is 3.02. The second-order valence-corrected chi connectivity index (χ2v) is 7.48. The van der Waals surface area contributed by atoms with Crippen LogP contribution in [0.2, 0.25) is 0 Å². The Bertz CT molecular complexity index is 1240. The summed E-state index contributed by atoms with van der Waals surface area (Å²) in [6.07, 6.45) is 3.24. The molecule has 0 radical (unpaired) electrons. The number of nitrogens with one attached hydrogen (secondary N) is 2. The Kier molecular flexibility index (Phi) is 4.55. The first-order valence-corrected chi connectivity index (χ1v) is 9.70. The Morgan fingerprint density at radius 2 is 2.14 bits per heavy atom. The molecule has 0 aliphatic rings. The van der Waals surface area contributed by atoms with Gasteiger partial charge in [-0.05, 0) is 39.0 Å². The number of hydrogen-bond donors (Lipinski definition) is 2. The van der Waals surface area contributed by atoms with Gasteiger partial charge in [-0.1, -0.05) is 11.3 Å². The molecule has 28 heavy (non-hydrogen) atoms. The first-order chi connectivity index (χ1) is 13.5. The Hall–Kier alpha value is -3.27. The lowest BCUT2D eigenvalue weighted by molar-refractivity contribution is 0.252. The average molecular weight is 397 g/mol. The van der Waals surface area contributed by atoms with Crippen LogP contribution in [0.3, 0.4) is 0 Å². The predicted molar refractivity (Wildman–Crippen MR) is 109 cm³/mol. The molecule has 0 aromatic carbocycles. The lowest BCUT2D eigenvalue weighted by atomic mass is 10.1. The molecular weight excluding hydrogens is 378 g/mol. The van der Waals surface area contributed by atoms with E-state index in [1.54, 1.807) is 21.3 Å². The number of carbonyl (C=O) groups excluding carboxylic acids is 1. The molecule has 4 aromatic rings. The largest absolute Gasteiger partial charge is 0.338 e. The number of rotatable bonds is 4.